The number of rotatable bonds is 13. The highest BCUT2D eigenvalue weighted by molar-refractivity contribution is 9.11. The molecule has 1 fully saturated rings. The zero-order valence-electron chi connectivity index (χ0n) is 22.5. The summed E-state index contributed by atoms with van der Waals surface area (Å²) >= 11 is 3.07. The molecule has 224 valence electrons. The van der Waals surface area contributed by atoms with E-state index in [1.54, 1.807) is 0 Å². The van der Waals surface area contributed by atoms with Gasteiger partial charge < -0.3 is 19.3 Å². The quantitative estimate of drug-likeness (QED) is 0.302. The first kappa shape index (κ1) is 32.4. The number of aliphatic hydroxyl groups excluding tert-OH is 1. The van der Waals surface area contributed by atoms with E-state index in [0.717, 1.165) is 4.57 Å². The highest BCUT2D eigenvalue weighted by Gasteiger charge is 2.39. The lowest BCUT2D eigenvalue weighted by Gasteiger charge is -2.21. The SMILES string of the molecule is CCCN(CCC)S(=O)(=O)c1ccc(C(=O)OCC(=O)OC2C[C@@H](n3cc(/C=C/Br)c(=O)[nH]c3=O)O[C@H]2CO)cc1. The number of benzene rings is 1. The number of aliphatic hydroxyl groups is 1. The number of sulfonamides is 1. The molecule has 15 heteroatoms. The Morgan fingerprint density at radius 1 is 1.20 bits per heavy atom. The third kappa shape index (κ3) is 8.01. The molecule has 3 rings (SSSR count). The lowest BCUT2D eigenvalue weighted by Crippen LogP contribution is -2.33. The normalized spacial score (nSPS) is 19.1. The van der Waals surface area contributed by atoms with Gasteiger partial charge in [-0.3, -0.25) is 14.3 Å². The van der Waals surface area contributed by atoms with Crippen molar-refractivity contribution in [2.45, 2.75) is 56.4 Å². The summed E-state index contributed by atoms with van der Waals surface area (Å²) in [5.74, 6) is -1.78. The maximum absolute atomic E-state index is 12.9. The summed E-state index contributed by atoms with van der Waals surface area (Å²) in [6, 6.07) is 5.22. The molecule has 0 spiro atoms. The van der Waals surface area contributed by atoms with Crippen molar-refractivity contribution in [1.29, 1.82) is 0 Å². The zero-order chi connectivity index (χ0) is 30.2. The van der Waals surface area contributed by atoms with Crippen molar-refractivity contribution >= 4 is 44.0 Å². The van der Waals surface area contributed by atoms with Crippen LogP contribution < -0.4 is 11.2 Å². The minimum absolute atomic E-state index is 0.0165. The lowest BCUT2D eigenvalue weighted by atomic mass is 10.2. The van der Waals surface area contributed by atoms with Crippen LogP contribution in [-0.4, -0.2) is 77.8 Å². The maximum atomic E-state index is 12.9. The fourth-order valence-corrected chi connectivity index (χ4v) is 6.14. The largest absolute Gasteiger partial charge is 0.457 e. The fourth-order valence-electron chi connectivity index (χ4n) is 4.23. The second-order valence-corrected chi connectivity index (χ2v) is 11.6. The van der Waals surface area contributed by atoms with E-state index in [1.807, 2.05) is 13.8 Å². The van der Waals surface area contributed by atoms with E-state index in [4.69, 9.17) is 14.2 Å². The van der Waals surface area contributed by atoms with Crippen LogP contribution in [0.25, 0.3) is 6.08 Å². The van der Waals surface area contributed by atoms with E-state index in [2.05, 4.69) is 20.9 Å². The van der Waals surface area contributed by atoms with Crippen LogP contribution in [0.4, 0.5) is 0 Å². The molecule has 1 aromatic carbocycles. The lowest BCUT2D eigenvalue weighted by molar-refractivity contribution is -0.156. The number of halogens is 1. The fraction of sp³-hybridized carbons (Fsp3) is 0.462. The number of esters is 2. The first-order valence-corrected chi connectivity index (χ1v) is 15.3. The molecule has 1 unspecified atom stereocenters. The number of H-pyrrole nitrogens is 1. The molecule has 1 saturated heterocycles. The first-order chi connectivity index (χ1) is 19.5. The molecule has 13 nitrogen and oxygen atoms in total. The molecule has 0 bridgehead atoms. The van der Waals surface area contributed by atoms with Gasteiger partial charge in [-0.1, -0.05) is 29.8 Å². The summed E-state index contributed by atoms with van der Waals surface area (Å²) in [6.07, 6.45) is 1.14. The molecular weight excluding hydrogens is 626 g/mol. The summed E-state index contributed by atoms with van der Waals surface area (Å²) in [6.45, 7) is 3.25. The third-order valence-electron chi connectivity index (χ3n) is 6.19. The van der Waals surface area contributed by atoms with Gasteiger partial charge in [-0.05, 0) is 48.2 Å². The second-order valence-electron chi connectivity index (χ2n) is 9.12. The standard InChI is InChI=1S/C26H32BrN3O10S/c1-3-11-29(12-4-2)41(36,37)19-7-5-17(6-8-19)25(34)38-16-23(32)40-20-13-22(39-21(20)15-31)30-14-18(9-10-27)24(33)28-26(30)35/h5-10,14,20-22,31H,3-4,11-13,15-16H2,1-2H3,(H,28,33,35)/b10-9+/t20?,21-,22-/m0/s1. The molecule has 1 aliphatic heterocycles. The Balaban J connectivity index is 1.61. The average molecular weight is 659 g/mol. The van der Waals surface area contributed by atoms with Gasteiger partial charge in [0.2, 0.25) is 10.0 Å². The van der Waals surface area contributed by atoms with Crippen molar-refractivity contribution < 1.29 is 37.3 Å². The van der Waals surface area contributed by atoms with Crippen LogP contribution in [0.5, 0.6) is 0 Å². The molecule has 2 N–H and O–H groups in total. The van der Waals surface area contributed by atoms with E-state index in [-0.39, 0.29) is 22.4 Å². The Labute approximate surface area is 244 Å². The van der Waals surface area contributed by atoms with Gasteiger partial charge in [0.15, 0.2) is 6.61 Å². The summed E-state index contributed by atoms with van der Waals surface area (Å²) in [5, 5.41) is 9.70. The highest BCUT2D eigenvalue weighted by Crippen LogP contribution is 2.30. The Bertz CT molecular complexity index is 1460. The van der Waals surface area contributed by atoms with Crippen LogP contribution in [0.3, 0.4) is 0 Å². The number of aromatic amines is 1. The topological polar surface area (TPSA) is 174 Å². The predicted octanol–water partition coefficient (Wildman–Crippen LogP) is 1.76. The Morgan fingerprint density at radius 3 is 2.44 bits per heavy atom. The highest BCUT2D eigenvalue weighted by atomic mass is 79.9. The molecule has 3 atom stereocenters. The van der Waals surface area contributed by atoms with Crippen molar-refractivity contribution in [3.63, 3.8) is 0 Å². The molecule has 2 heterocycles. The van der Waals surface area contributed by atoms with Crippen molar-refractivity contribution in [3.8, 4) is 0 Å². The van der Waals surface area contributed by atoms with Gasteiger partial charge in [-0.25, -0.2) is 22.8 Å². The molecule has 0 aliphatic carbocycles. The monoisotopic (exact) mass is 657 g/mol. The van der Waals surface area contributed by atoms with Crippen LogP contribution in [-0.2, 0) is 29.0 Å². The number of nitrogens with one attached hydrogen (secondary N) is 1. The van der Waals surface area contributed by atoms with E-state index in [0.29, 0.717) is 25.9 Å². The second kappa shape index (κ2) is 14.7. The average Bonchev–Trinajstić information content (AvgIpc) is 3.35. The molecule has 41 heavy (non-hydrogen) atoms. The Morgan fingerprint density at radius 2 is 1.85 bits per heavy atom. The number of ether oxygens (including phenoxy) is 3. The summed E-state index contributed by atoms with van der Waals surface area (Å²) < 4.78 is 44.3. The molecule has 0 amide bonds. The van der Waals surface area contributed by atoms with E-state index < -0.39 is 64.9 Å². The molecule has 0 saturated carbocycles. The van der Waals surface area contributed by atoms with E-state index in [1.165, 1.54) is 45.8 Å². The van der Waals surface area contributed by atoms with Crippen LogP contribution in [0.2, 0.25) is 0 Å². The smallest absolute Gasteiger partial charge is 0.344 e. The molecular formula is C26H32BrN3O10S. The molecule has 1 aromatic heterocycles. The number of carbonyl (C=O) groups is 2. The molecule has 0 radical (unpaired) electrons. The summed E-state index contributed by atoms with van der Waals surface area (Å²) in [4.78, 5) is 52.8. The van der Waals surface area contributed by atoms with Crippen LogP contribution in [0.15, 0.2) is 49.9 Å². The molecule has 1 aliphatic rings. The summed E-state index contributed by atoms with van der Waals surface area (Å²) in [7, 11) is -3.72. The minimum atomic E-state index is -3.72. The van der Waals surface area contributed by atoms with Gasteiger partial charge in [0.1, 0.15) is 18.4 Å². The first-order valence-electron chi connectivity index (χ1n) is 12.9. The number of nitrogens with zero attached hydrogens (tertiary/aromatic N) is 2. The van der Waals surface area contributed by atoms with Crippen molar-refractivity contribution in [2.24, 2.45) is 0 Å². The van der Waals surface area contributed by atoms with Gasteiger partial charge >= 0.3 is 17.6 Å². The van der Waals surface area contributed by atoms with Crippen molar-refractivity contribution in [2.75, 3.05) is 26.3 Å². The number of hydrogen-bond acceptors (Lipinski definition) is 10. The molecule has 2 aromatic rings. The van der Waals surface area contributed by atoms with Crippen molar-refractivity contribution in [1.82, 2.24) is 13.9 Å². The minimum Gasteiger partial charge on any atom is -0.457 e. The number of aromatic nitrogens is 2. The third-order valence-corrected chi connectivity index (χ3v) is 8.36. The van der Waals surface area contributed by atoms with Crippen LogP contribution in [0, 0.1) is 0 Å². The van der Waals surface area contributed by atoms with E-state index in [9.17, 15) is 32.7 Å². The van der Waals surface area contributed by atoms with Gasteiger partial charge in [0.05, 0.1) is 22.6 Å². The summed E-state index contributed by atoms with van der Waals surface area (Å²) in [5.41, 5.74) is -1.14. The van der Waals surface area contributed by atoms with Gasteiger partial charge in [-0.15, -0.1) is 0 Å². The number of hydrogen-bond donors (Lipinski definition) is 2. The Kier molecular flexibility index (Phi) is 11.6. The van der Waals surface area contributed by atoms with Gasteiger partial charge in [-0.2, -0.15) is 4.31 Å². The van der Waals surface area contributed by atoms with Gasteiger partial charge in [0.25, 0.3) is 5.56 Å². The Hall–Kier alpha value is -3.11. The zero-order valence-corrected chi connectivity index (χ0v) is 24.9. The van der Waals surface area contributed by atoms with Gasteiger partial charge in [0, 0.05) is 25.7 Å². The number of carbonyl (C=O) groups excluding carboxylic acids is 2. The van der Waals surface area contributed by atoms with E-state index >= 15 is 0 Å². The van der Waals surface area contributed by atoms with Crippen LogP contribution >= 0.6 is 15.9 Å². The van der Waals surface area contributed by atoms with Crippen LogP contribution in [0.1, 0.15) is 55.3 Å². The maximum Gasteiger partial charge on any atom is 0.344 e. The predicted molar refractivity (Wildman–Crippen MR) is 151 cm³/mol. The van der Waals surface area contributed by atoms with Crippen molar-refractivity contribution in [3.05, 3.63) is 67.4 Å².